The van der Waals surface area contributed by atoms with Gasteiger partial charge in [-0.05, 0) is 36.6 Å². The van der Waals surface area contributed by atoms with Gasteiger partial charge in [-0.15, -0.1) is 0 Å². The molecule has 0 amide bonds. The highest BCUT2D eigenvalue weighted by molar-refractivity contribution is 7.99. The second kappa shape index (κ2) is 8.24. The molecule has 114 valence electrons. The highest BCUT2D eigenvalue weighted by Gasteiger charge is 2.16. The van der Waals surface area contributed by atoms with Crippen molar-refractivity contribution in [3.63, 3.8) is 0 Å². The number of nitrogens with one attached hydrogen (secondary N) is 2. The van der Waals surface area contributed by atoms with Gasteiger partial charge < -0.3 is 5.32 Å². The van der Waals surface area contributed by atoms with Crippen LogP contribution in [0.3, 0.4) is 0 Å². The Labute approximate surface area is 130 Å². The van der Waals surface area contributed by atoms with Gasteiger partial charge in [0, 0.05) is 23.4 Å². The lowest BCUT2D eigenvalue weighted by Gasteiger charge is -2.12. The molecule has 0 aromatic heterocycles. The molecule has 1 aromatic carbocycles. The fourth-order valence-electron chi connectivity index (χ4n) is 1.51. The fourth-order valence-corrected chi connectivity index (χ4v) is 3.23. The average Bonchev–Trinajstić information content (AvgIpc) is 2.43. The minimum atomic E-state index is -3.48. The van der Waals surface area contributed by atoms with Crippen LogP contribution in [0.4, 0.5) is 0 Å². The molecule has 4 nitrogen and oxygen atoms in total. The van der Waals surface area contributed by atoms with E-state index < -0.39 is 10.0 Å². The zero-order valence-electron chi connectivity index (χ0n) is 11.9. The Morgan fingerprint density at radius 3 is 2.70 bits per heavy atom. The quantitative estimate of drug-likeness (QED) is 0.765. The normalized spacial score (nSPS) is 13.4. The Morgan fingerprint density at radius 1 is 1.40 bits per heavy atom. The molecule has 7 heteroatoms. The van der Waals surface area contributed by atoms with Gasteiger partial charge in [0.15, 0.2) is 0 Å². The summed E-state index contributed by atoms with van der Waals surface area (Å²) in [4.78, 5) is 0.253. The second-order valence-corrected chi connectivity index (χ2v) is 7.88. The van der Waals surface area contributed by atoms with Gasteiger partial charge in [0.1, 0.15) is 0 Å². The van der Waals surface area contributed by atoms with Crippen molar-refractivity contribution in [2.45, 2.75) is 30.5 Å². The molecule has 0 aliphatic heterocycles. The predicted octanol–water partition coefficient (Wildman–Crippen LogP) is 2.48. The van der Waals surface area contributed by atoms with Crippen LogP contribution in [0.2, 0.25) is 5.02 Å². The van der Waals surface area contributed by atoms with Gasteiger partial charge in [-0.3, -0.25) is 0 Å². The van der Waals surface area contributed by atoms with Gasteiger partial charge >= 0.3 is 0 Å². The number of rotatable bonds is 8. The summed E-state index contributed by atoms with van der Waals surface area (Å²) < 4.78 is 27.0. The molecule has 1 atom stereocenters. The maximum atomic E-state index is 12.2. The molecule has 20 heavy (non-hydrogen) atoms. The van der Waals surface area contributed by atoms with E-state index in [4.69, 9.17) is 11.6 Å². The van der Waals surface area contributed by atoms with Gasteiger partial charge in [0.25, 0.3) is 0 Å². The van der Waals surface area contributed by atoms with E-state index in [1.807, 2.05) is 20.1 Å². The standard InChI is InChI=1S/C13H21ClN2O2S2/c1-4-15-9-11-7-12(5-6-13(11)14)20(17,18)16-8-10(2)19-3/h5-7,10,15-16H,4,8-9H2,1-3H3. The number of thioether (sulfide) groups is 1. The fraction of sp³-hybridized carbons (Fsp3) is 0.538. The van der Waals surface area contributed by atoms with E-state index in [0.29, 0.717) is 18.1 Å². The summed E-state index contributed by atoms with van der Waals surface area (Å²) in [6.45, 7) is 5.73. The molecule has 0 aliphatic carbocycles. The molecular weight excluding hydrogens is 316 g/mol. The zero-order valence-corrected chi connectivity index (χ0v) is 14.3. The molecule has 1 aromatic rings. The van der Waals surface area contributed by atoms with Crippen LogP contribution in [-0.4, -0.2) is 33.0 Å². The number of benzene rings is 1. The minimum Gasteiger partial charge on any atom is -0.313 e. The van der Waals surface area contributed by atoms with Crippen molar-refractivity contribution in [2.24, 2.45) is 0 Å². The first-order valence-corrected chi connectivity index (χ1v) is 9.57. The average molecular weight is 337 g/mol. The van der Waals surface area contributed by atoms with Gasteiger partial charge in [-0.1, -0.05) is 25.4 Å². The molecule has 0 radical (unpaired) electrons. The van der Waals surface area contributed by atoms with Crippen LogP contribution in [-0.2, 0) is 16.6 Å². The Hall–Kier alpha value is -0.270. The molecule has 1 rings (SSSR count). The highest BCUT2D eigenvalue weighted by Crippen LogP contribution is 2.20. The van der Waals surface area contributed by atoms with Gasteiger partial charge in [0.05, 0.1) is 4.90 Å². The molecular formula is C13H21ClN2O2S2. The van der Waals surface area contributed by atoms with Gasteiger partial charge in [-0.25, -0.2) is 13.1 Å². The van der Waals surface area contributed by atoms with Crippen molar-refractivity contribution >= 4 is 33.4 Å². The van der Waals surface area contributed by atoms with E-state index in [2.05, 4.69) is 10.0 Å². The Morgan fingerprint density at radius 2 is 2.10 bits per heavy atom. The number of halogens is 1. The first-order valence-electron chi connectivity index (χ1n) is 6.42. The molecule has 1 unspecified atom stereocenters. The Kier molecular flexibility index (Phi) is 7.33. The van der Waals surface area contributed by atoms with Crippen LogP contribution < -0.4 is 10.0 Å². The van der Waals surface area contributed by atoms with Crippen molar-refractivity contribution in [2.75, 3.05) is 19.3 Å². The maximum Gasteiger partial charge on any atom is 0.240 e. The molecule has 0 saturated heterocycles. The van der Waals surface area contributed by atoms with Crippen molar-refractivity contribution in [3.05, 3.63) is 28.8 Å². The monoisotopic (exact) mass is 336 g/mol. The van der Waals surface area contributed by atoms with E-state index in [0.717, 1.165) is 12.1 Å². The zero-order chi connectivity index (χ0) is 15.2. The molecule has 2 N–H and O–H groups in total. The van der Waals surface area contributed by atoms with E-state index in [-0.39, 0.29) is 10.1 Å². The third kappa shape index (κ3) is 5.26. The summed E-state index contributed by atoms with van der Waals surface area (Å²) >= 11 is 7.69. The van der Waals surface area contributed by atoms with E-state index in [1.165, 1.54) is 6.07 Å². The van der Waals surface area contributed by atoms with Gasteiger partial charge in [-0.2, -0.15) is 11.8 Å². The topological polar surface area (TPSA) is 58.2 Å². The van der Waals surface area contributed by atoms with Crippen molar-refractivity contribution < 1.29 is 8.42 Å². The smallest absolute Gasteiger partial charge is 0.240 e. The lowest BCUT2D eigenvalue weighted by Crippen LogP contribution is -2.29. The van der Waals surface area contributed by atoms with Crippen LogP contribution in [0, 0.1) is 0 Å². The van der Waals surface area contributed by atoms with Crippen molar-refractivity contribution in [1.82, 2.24) is 10.0 Å². The van der Waals surface area contributed by atoms with E-state index in [1.54, 1.807) is 23.9 Å². The van der Waals surface area contributed by atoms with Gasteiger partial charge in [0.2, 0.25) is 10.0 Å². The Balaban J connectivity index is 2.89. The number of hydrogen-bond acceptors (Lipinski definition) is 4. The second-order valence-electron chi connectivity index (χ2n) is 4.43. The van der Waals surface area contributed by atoms with E-state index in [9.17, 15) is 8.42 Å². The van der Waals surface area contributed by atoms with Crippen LogP contribution >= 0.6 is 23.4 Å². The highest BCUT2D eigenvalue weighted by atomic mass is 35.5. The first-order chi connectivity index (χ1) is 9.40. The first kappa shape index (κ1) is 17.8. The third-order valence-electron chi connectivity index (χ3n) is 2.86. The molecule has 0 heterocycles. The summed E-state index contributed by atoms with van der Waals surface area (Å²) in [5.74, 6) is 0. The summed E-state index contributed by atoms with van der Waals surface area (Å²) in [7, 11) is -3.48. The molecule has 0 saturated carbocycles. The lowest BCUT2D eigenvalue weighted by atomic mass is 10.2. The third-order valence-corrected chi connectivity index (χ3v) is 5.62. The SMILES string of the molecule is CCNCc1cc(S(=O)(=O)NCC(C)SC)ccc1Cl. The van der Waals surface area contributed by atoms with Crippen molar-refractivity contribution in [3.8, 4) is 0 Å². The lowest BCUT2D eigenvalue weighted by molar-refractivity contribution is 0.581. The summed E-state index contributed by atoms with van der Waals surface area (Å²) in [5.41, 5.74) is 0.786. The van der Waals surface area contributed by atoms with Crippen LogP contribution in [0.15, 0.2) is 23.1 Å². The Bertz CT molecular complexity index is 535. The maximum absolute atomic E-state index is 12.2. The number of hydrogen-bond donors (Lipinski definition) is 2. The molecule has 0 spiro atoms. The summed E-state index contributed by atoms with van der Waals surface area (Å²) in [5, 5.41) is 3.95. The molecule has 0 aliphatic rings. The van der Waals surface area contributed by atoms with Crippen LogP contribution in [0.25, 0.3) is 0 Å². The van der Waals surface area contributed by atoms with Crippen molar-refractivity contribution in [1.29, 1.82) is 0 Å². The minimum absolute atomic E-state index is 0.235. The van der Waals surface area contributed by atoms with Crippen LogP contribution in [0.5, 0.6) is 0 Å². The van der Waals surface area contributed by atoms with Crippen LogP contribution in [0.1, 0.15) is 19.4 Å². The summed E-state index contributed by atoms with van der Waals surface area (Å²) in [6.07, 6.45) is 1.95. The van der Waals surface area contributed by atoms with E-state index >= 15 is 0 Å². The predicted molar refractivity (Wildman–Crippen MR) is 87.0 cm³/mol. The molecule has 0 fully saturated rings. The summed E-state index contributed by atoms with van der Waals surface area (Å²) in [6, 6.07) is 4.78. The number of sulfonamides is 1. The largest absolute Gasteiger partial charge is 0.313 e. The molecule has 0 bridgehead atoms.